The van der Waals surface area contributed by atoms with Gasteiger partial charge in [-0.25, -0.2) is 0 Å². The van der Waals surface area contributed by atoms with Crippen LogP contribution in [0.3, 0.4) is 0 Å². The molecule has 0 unspecified atom stereocenters. The van der Waals surface area contributed by atoms with Crippen molar-refractivity contribution in [2.75, 3.05) is 13.2 Å². The summed E-state index contributed by atoms with van der Waals surface area (Å²) < 4.78 is 6.08. The number of allylic oxidation sites excluding steroid dienone is 1. The molecule has 3 nitrogen and oxygen atoms in total. The normalized spacial score (nSPS) is 10.6. The van der Waals surface area contributed by atoms with Gasteiger partial charge in [-0.05, 0) is 41.7 Å². The summed E-state index contributed by atoms with van der Waals surface area (Å²) in [6.45, 7) is 9.05. The number of hydrogen-bond donors (Lipinski definition) is 1. The van der Waals surface area contributed by atoms with E-state index < -0.39 is 0 Å². The van der Waals surface area contributed by atoms with Gasteiger partial charge in [-0.3, -0.25) is 4.79 Å². The molecule has 0 spiro atoms. The molecule has 0 aliphatic heterocycles. The van der Waals surface area contributed by atoms with E-state index >= 15 is 0 Å². The van der Waals surface area contributed by atoms with Gasteiger partial charge in [0.25, 0.3) is 0 Å². The standard InChI is InChI=1S/C22H29NO2/c1-4-6-7-16-25-21-13-12-18-10-8-11-19(14-15-23-17(3)24)22(18)20(21)9-5-2/h5,8,10-13H,2,4,6-7,9,14-16H2,1,3H3,(H,23,24). The molecule has 0 aliphatic rings. The van der Waals surface area contributed by atoms with Crippen LogP contribution >= 0.6 is 0 Å². The Morgan fingerprint density at radius 2 is 2.08 bits per heavy atom. The minimum Gasteiger partial charge on any atom is -0.493 e. The van der Waals surface area contributed by atoms with Gasteiger partial charge in [-0.15, -0.1) is 6.58 Å². The smallest absolute Gasteiger partial charge is 0.216 e. The van der Waals surface area contributed by atoms with E-state index in [1.54, 1.807) is 6.92 Å². The van der Waals surface area contributed by atoms with Gasteiger partial charge >= 0.3 is 0 Å². The van der Waals surface area contributed by atoms with Crippen LogP contribution in [-0.4, -0.2) is 19.1 Å². The Bertz CT molecular complexity index is 721. The van der Waals surface area contributed by atoms with Crippen molar-refractivity contribution in [3.63, 3.8) is 0 Å². The molecule has 0 bridgehead atoms. The zero-order chi connectivity index (χ0) is 18.1. The van der Waals surface area contributed by atoms with Crippen molar-refractivity contribution in [2.24, 2.45) is 0 Å². The third-order valence-corrected chi connectivity index (χ3v) is 4.32. The molecule has 3 heteroatoms. The fraction of sp³-hybridized carbons (Fsp3) is 0.409. The summed E-state index contributed by atoms with van der Waals surface area (Å²) >= 11 is 0. The maximum absolute atomic E-state index is 11.1. The van der Waals surface area contributed by atoms with Gasteiger partial charge in [0.15, 0.2) is 0 Å². The molecule has 0 atom stereocenters. The second kappa shape index (κ2) is 9.87. The van der Waals surface area contributed by atoms with Crippen molar-refractivity contribution in [3.05, 3.63) is 54.1 Å². The second-order valence-corrected chi connectivity index (χ2v) is 6.34. The zero-order valence-corrected chi connectivity index (χ0v) is 15.4. The van der Waals surface area contributed by atoms with Crippen LogP contribution in [0.25, 0.3) is 10.8 Å². The van der Waals surface area contributed by atoms with Gasteiger partial charge in [0, 0.05) is 19.0 Å². The first-order valence-electron chi connectivity index (χ1n) is 9.19. The topological polar surface area (TPSA) is 38.3 Å². The predicted octanol–water partition coefficient (Wildman–Crippen LogP) is 4.82. The minimum absolute atomic E-state index is 0.00602. The van der Waals surface area contributed by atoms with Crippen LogP contribution in [0.2, 0.25) is 0 Å². The largest absolute Gasteiger partial charge is 0.493 e. The van der Waals surface area contributed by atoms with Gasteiger partial charge in [0.05, 0.1) is 6.61 Å². The summed E-state index contributed by atoms with van der Waals surface area (Å²) in [6, 6.07) is 10.5. The fourth-order valence-corrected chi connectivity index (χ4v) is 3.11. The lowest BCUT2D eigenvalue weighted by molar-refractivity contribution is -0.118. The molecule has 0 radical (unpaired) electrons. The molecule has 1 amide bonds. The van der Waals surface area contributed by atoms with Crippen molar-refractivity contribution in [2.45, 2.75) is 46.0 Å². The summed E-state index contributed by atoms with van der Waals surface area (Å²) in [5.74, 6) is 0.960. The number of carbonyl (C=O) groups is 1. The Balaban J connectivity index is 2.33. The van der Waals surface area contributed by atoms with E-state index in [-0.39, 0.29) is 5.91 Å². The second-order valence-electron chi connectivity index (χ2n) is 6.34. The van der Waals surface area contributed by atoms with Crippen LogP contribution in [0.15, 0.2) is 43.0 Å². The number of nitrogens with one attached hydrogen (secondary N) is 1. The van der Waals surface area contributed by atoms with E-state index in [0.717, 1.165) is 31.6 Å². The van der Waals surface area contributed by atoms with E-state index in [0.29, 0.717) is 6.54 Å². The Kier molecular flexibility index (Phi) is 7.52. The van der Waals surface area contributed by atoms with Gasteiger partial charge in [-0.2, -0.15) is 0 Å². The number of fused-ring (bicyclic) bond motifs is 1. The lowest BCUT2D eigenvalue weighted by Crippen LogP contribution is -2.22. The number of benzene rings is 2. The number of hydrogen-bond acceptors (Lipinski definition) is 2. The minimum atomic E-state index is 0.00602. The predicted molar refractivity (Wildman–Crippen MR) is 105 cm³/mol. The van der Waals surface area contributed by atoms with E-state index in [2.05, 4.69) is 49.2 Å². The van der Waals surface area contributed by atoms with Crippen molar-refractivity contribution in [3.8, 4) is 5.75 Å². The van der Waals surface area contributed by atoms with Crippen LogP contribution < -0.4 is 10.1 Å². The third-order valence-electron chi connectivity index (χ3n) is 4.32. The molecule has 2 aromatic rings. The highest BCUT2D eigenvalue weighted by Gasteiger charge is 2.11. The highest BCUT2D eigenvalue weighted by molar-refractivity contribution is 5.91. The average molecular weight is 339 g/mol. The van der Waals surface area contributed by atoms with E-state index in [1.807, 2.05) is 6.08 Å². The number of rotatable bonds is 10. The third kappa shape index (κ3) is 5.35. The maximum Gasteiger partial charge on any atom is 0.216 e. The van der Waals surface area contributed by atoms with Gasteiger partial charge in [-0.1, -0.05) is 50.1 Å². The molecule has 1 N–H and O–H groups in total. The van der Waals surface area contributed by atoms with Crippen LogP contribution in [0.5, 0.6) is 5.75 Å². The van der Waals surface area contributed by atoms with Crippen LogP contribution in [-0.2, 0) is 17.6 Å². The summed E-state index contributed by atoms with van der Waals surface area (Å²) in [5.41, 5.74) is 2.43. The average Bonchev–Trinajstić information content (AvgIpc) is 2.60. The van der Waals surface area contributed by atoms with Crippen molar-refractivity contribution in [1.82, 2.24) is 5.32 Å². The number of ether oxygens (including phenoxy) is 1. The molecule has 2 aromatic carbocycles. The maximum atomic E-state index is 11.1. The lowest BCUT2D eigenvalue weighted by Gasteiger charge is -2.16. The first kappa shape index (κ1) is 19.0. The van der Waals surface area contributed by atoms with E-state index in [9.17, 15) is 4.79 Å². The van der Waals surface area contributed by atoms with E-state index in [1.165, 1.54) is 34.7 Å². The fourth-order valence-electron chi connectivity index (χ4n) is 3.11. The molecule has 0 aromatic heterocycles. The van der Waals surface area contributed by atoms with E-state index in [4.69, 9.17) is 4.74 Å². The SMILES string of the molecule is C=CCc1c(OCCCCC)ccc2cccc(CCNC(C)=O)c12. The first-order chi connectivity index (χ1) is 12.2. The van der Waals surface area contributed by atoms with Crippen molar-refractivity contribution in [1.29, 1.82) is 0 Å². The molecule has 0 heterocycles. The van der Waals surface area contributed by atoms with Crippen LogP contribution in [0, 0.1) is 0 Å². The molecule has 0 fully saturated rings. The molecule has 0 saturated heterocycles. The number of unbranched alkanes of at least 4 members (excludes halogenated alkanes) is 2. The summed E-state index contributed by atoms with van der Waals surface area (Å²) in [5, 5.41) is 5.33. The molecule has 0 aliphatic carbocycles. The molecule has 134 valence electrons. The highest BCUT2D eigenvalue weighted by Crippen LogP contribution is 2.32. The highest BCUT2D eigenvalue weighted by atomic mass is 16.5. The summed E-state index contributed by atoms with van der Waals surface area (Å²) in [4.78, 5) is 11.1. The monoisotopic (exact) mass is 339 g/mol. The summed E-state index contributed by atoms with van der Waals surface area (Å²) in [7, 11) is 0. The van der Waals surface area contributed by atoms with Crippen molar-refractivity contribution < 1.29 is 9.53 Å². The number of amides is 1. The Morgan fingerprint density at radius 1 is 1.24 bits per heavy atom. The quantitative estimate of drug-likeness (QED) is 0.498. The Morgan fingerprint density at radius 3 is 2.80 bits per heavy atom. The zero-order valence-electron chi connectivity index (χ0n) is 15.4. The summed E-state index contributed by atoms with van der Waals surface area (Å²) in [6.07, 6.45) is 6.96. The lowest BCUT2D eigenvalue weighted by atomic mass is 9.95. The van der Waals surface area contributed by atoms with Crippen LogP contribution in [0.1, 0.15) is 44.2 Å². The van der Waals surface area contributed by atoms with Crippen molar-refractivity contribution >= 4 is 16.7 Å². The van der Waals surface area contributed by atoms with Gasteiger partial charge in [0.2, 0.25) is 5.91 Å². The molecule has 2 rings (SSSR count). The Hall–Kier alpha value is -2.29. The number of carbonyl (C=O) groups excluding carboxylic acids is 1. The molecular formula is C22H29NO2. The van der Waals surface area contributed by atoms with Gasteiger partial charge < -0.3 is 10.1 Å². The molecular weight excluding hydrogens is 310 g/mol. The molecule has 0 saturated carbocycles. The van der Waals surface area contributed by atoms with Gasteiger partial charge in [0.1, 0.15) is 5.75 Å². The Labute approximate surface area is 151 Å². The molecule has 25 heavy (non-hydrogen) atoms. The first-order valence-corrected chi connectivity index (χ1v) is 9.19. The van der Waals surface area contributed by atoms with Crippen LogP contribution in [0.4, 0.5) is 0 Å².